The zero-order valence-corrected chi connectivity index (χ0v) is 10.0. The highest BCUT2D eigenvalue weighted by Gasteiger charge is 2.39. The maximum absolute atomic E-state index is 12.2. The van der Waals surface area contributed by atoms with Gasteiger partial charge in [0.2, 0.25) is 5.91 Å². The van der Waals surface area contributed by atoms with Crippen LogP contribution in [-0.4, -0.2) is 35.0 Å². The summed E-state index contributed by atoms with van der Waals surface area (Å²) in [4.78, 5) is 24.5. The van der Waals surface area contributed by atoms with E-state index in [0.29, 0.717) is 13.1 Å². The minimum atomic E-state index is -0.777. The van der Waals surface area contributed by atoms with Crippen molar-refractivity contribution in [1.29, 1.82) is 0 Å². The van der Waals surface area contributed by atoms with Gasteiger partial charge in [0.1, 0.15) is 0 Å². The van der Waals surface area contributed by atoms with E-state index in [0.717, 1.165) is 12.0 Å². The molecule has 1 saturated heterocycles. The van der Waals surface area contributed by atoms with E-state index in [4.69, 9.17) is 5.11 Å². The summed E-state index contributed by atoms with van der Waals surface area (Å²) in [6, 6.07) is 8.02. The minimum Gasteiger partial charge on any atom is -0.481 e. The van der Waals surface area contributed by atoms with Gasteiger partial charge in [0.25, 0.3) is 0 Å². The molecular formula is C14H15NO3. The van der Waals surface area contributed by atoms with Crippen LogP contribution in [0.15, 0.2) is 24.3 Å². The molecule has 1 unspecified atom stereocenters. The van der Waals surface area contributed by atoms with Gasteiger partial charge in [0.15, 0.2) is 0 Å². The maximum Gasteiger partial charge on any atom is 0.303 e. The van der Waals surface area contributed by atoms with E-state index < -0.39 is 5.97 Å². The molecule has 3 rings (SSSR count). The zero-order valence-electron chi connectivity index (χ0n) is 10.0. The van der Waals surface area contributed by atoms with Crippen molar-refractivity contribution in [2.45, 2.75) is 18.8 Å². The maximum atomic E-state index is 12.2. The number of benzene rings is 1. The number of amides is 1. The molecule has 1 aromatic rings. The van der Waals surface area contributed by atoms with Gasteiger partial charge in [-0.05, 0) is 17.5 Å². The van der Waals surface area contributed by atoms with Crippen molar-refractivity contribution < 1.29 is 14.7 Å². The number of carboxylic acid groups (broad SMARTS) is 1. The fourth-order valence-electron chi connectivity index (χ4n) is 2.83. The summed E-state index contributed by atoms with van der Waals surface area (Å²) in [7, 11) is 0. The first-order valence-electron chi connectivity index (χ1n) is 6.23. The summed E-state index contributed by atoms with van der Waals surface area (Å²) >= 11 is 0. The van der Waals surface area contributed by atoms with E-state index >= 15 is 0 Å². The summed E-state index contributed by atoms with van der Waals surface area (Å²) in [6.45, 7) is 1.20. The number of hydrogen-bond acceptors (Lipinski definition) is 2. The Morgan fingerprint density at radius 1 is 1.28 bits per heavy atom. The van der Waals surface area contributed by atoms with Crippen LogP contribution in [0.1, 0.15) is 23.5 Å². The van der Waals surface area contributed by atoms with E-state index in [-0.39, 0.29) is 24.2 Å². The van der Waals surface area contributed by atoms with Crippen LogP contribution in [-0.2, 0) is 16.0 Å². The molecule has 4 heteroatoms. The third-order valence-corrected chi connectivity index (χ3v) is 3.88. The van der Waals surface area contributed by atoms with Gasteiger partial charge in [0, 0.05) is 19.0 Å². The van der Waals surface area contributed by atoms with Crippen LogP contribution in [0, 0.1) is 5.92 Å². The largest absolute Gasteiger partial charge is 0.481 e. The molecule has 0 bridgehead atoms. The van der Waals surface area contributed by atoms with Crippen molar-refractivity contribution in [1.82, 2.24) is 4.90 Å². The third-order valence-electron chi connectivity index (χ3n) is 3.88. The first kappa shape index (κ1) is 11.3. The molecule has 2 aliphatic rings. The second kappa shape index (κ2) is 4.12. The second-order valence-electron chi connectivity index (χ2n) is 5.16. The normalized spacial score (nSPS) is 21.8. The topological polar surface area (TPSA) is 57.6 Å². The molecule has 94 valence electrons. The molecule has 1 fully saturated rings. The number of fused-ring (bicyclic) bond motifs is 1. The van der Waals surface area contributed by atoms with Gasteiger partial charge in [-0.15, -0.1) is 0 Å². The van der Waals surface area contributed by atoms with Gasteiger partial charge in [0.05, 0.1) is 12.3 Å². The van der Waals surface area contributed by atoms with Crippen LogP contribution in [0.2, 0.25) is 0 Å². The number of hydrogen-bond donors (Lipinski definition) is 1. The molecule has 0 saturated carbocycles. The summed E-state index contributed by atoms with van der Waals surface area (Å²) in [6.07, 6.45) is 1.00. The third kappa shape index (κ3) is 1.78. The first-order chi connectivity index (χ1) is 8.65. The van der Waals surface area contributed by atoms with E-state index in [2.05, 4.69) is 6.07 Å². The SMILES string of the molecule is O=C(O)CC1CN(C(=O)C2Cc3ccccc32)C1. The van der Waals surface area contributed by atoms with E-state index in [9.17, 15) is 9.59 Å². The van der Waals surface area contributed by atoms with Crippen molar-refractivity contribution in [3.05, 3.63) is 35.4 Å². The first-order valence-corrected chi connectivity index (χ1v) is 6.23. The lowest BCUT2D eigenvalue weighted by molar-refractivity contribution is -0.146. The summed E-state index contributed by atoms with van der Waals surface area (Å²) in [5.41, 5.74) is 2.41. The Hall–Kier alpha value is -1.84. The van der Waals surface area contributed by atoms with Crippen LogP contribution < -0.4 is 0 Å². The molecule has 1 heterocycles. The fourth-order valence-corrected chi connectivity index (χ4v) is 2.83. The van der Waals surface area contributed by atoms with Crippen LogP contribution in [0.25, 0.3) is 0 Å². The molecule has 0 radical (unpaired) electrons. The summed E-state index contributed by atoms with van der Waals surface area (Å²) < 4.78 is 0. The number of carbonyl (C=O) groups is 2. The molecule has 1 aromatic carbocycles. The highest BCUT2D eigenvalue weighted by molar-refractivity contribution is 5.87. The van der Waals surface area contributed by atoms with E-state index in [1.807, 2.05) is 18.2 Å². The predicted octanol–water partition coefficient (Wildman–Crippen LogP) is 1.26. The lowest BCUT2D eigenvalue weighted by Gasteiger charge is -2.42. The van der Waals surface area contributed by atoms with Gasteiger partial charge < -0.3 is 10.0 Å². The van der Waals surface area contributed by atoms with Crippen molar-refractivity contribution in [3.8, 4) is 0 Å². The van der Waals surface area contributed by atoms with Gasteiger partial charge in [-0.25, -0.2) is 0 Å². The fraction of sp³-hybridized carbons (Fsp3) is 0.429. The second-order valence-corrected chi connectivity index (χ2v) is 5.16. The van der Waals surface area contributed by atoms with Crippen LogP contribution in [0.5, 0.6) is 0 Å². The Morgan fingerprint density at radius 3 is 2.67 bits per heavy atom. The Bertz CT molecular complexity index is 506. The zero-order chi connectivity index (χ0) is 12.7. The number of carboxylic acids is 1. The lowest BCUT2D eigenvalue weighted by atomic mass is 9.76. The lowest BCUT2D eigenvalue weighted by Crippen LogP contribution is -2.53. The van der Waals surface area contributed by atoms with E-state index in [1.165, 1.54) is 5.56 Å². The standard InChI is InChI=1S/C14H15NO3/c16-13(17)5-9-7-15(8-9)14(18)12-6-10-3-1-2-4-11(10)12/h1-4,9,12H,5-8H2,(H,16,17). The van der Waals surface area contributed by atoms with Crippen molar-refractivity contribution in [2.75, 3.05) is 13.1 Å². The monoisotopic (exact) mass is 245 g/mol. The van der Waals surface area contributed by atoms with Crippen LogP contribution in [0.3, 0.4) is 0 Å². The highest BCUT2D eigenvalue weighted by atomic mass is 16.4. The predicted molar refractivity (Wildman–Crippen MR) is 65.2 cm³/mol. The van der Waals surface area contributed by atoms with Crippen molar-refractivity contribution >= 4 is 11.9 Å². The van der Waals surface area contributed by atoms with Gasteiger partial charge >= 0.3 is 5.97 Å². The van der Waals surface area contributed by atoms with Crippen LogP contribution in [0.4, 0.5) is 0 Å². The molecule has 4 nitrogen and oxygen atoms in total. The quantitative estimate of drug-likeness (QED) is 0.872. The summed E-state index contributed by atoms with van der Waals surface area (Å²) in [5.74, 6) is -0.467. The smallest absolute Gasteiger partial charge is 0.303 e. The van der Waals surface area contributed by atoms with Gasteiger partial charge in [-0.1, -0.05) is 24.3 Å². The average Bonchev–Trinajstić information content (AvgIpc) is 2.24. The Kier molecular flexibility index (Phi) is 2.58. The van der Waals surface area contributed by atoms with E-state index in [1.54, 1.807) is 4.90 Å². The molecular weight excluding hydrogens is 230 g/mol. The minimum absolute atomic E-state index is 0.00646. The van der Waals surface area contributed by atoms with Crippen LogP contribution >= 0.6 is 0 Å². The summed E-state index contributed by atoms with van der Waals surface area (Å²) in [5, 5.41) is 8.67. The molecule has 0 spiro atoms. The van der Waals surface area contributed by atoms with Gasteiger partial charge in [-0.2, -0.15) is 0 Å². The molecule has 18 heavy (non-hydrogen) atoms. The number of likely N-dealkylation sites (tertiary alicyclic amines) is 1. The van der Waals surface area contributed by atoms with Gasteiger partial charge in [-0.3, -0.25) is 9.59 Å². The molecule has 0 aromatic heterocycles. The van der Waals surface area contributed by atoms with Crippen molar-refractivity contribution in [2.24, 2.45) is 5.92 Å². The number of rotatable bonds is 3. The number of nitrogens with zero attached hydrogens (tertiary/aromatic N) is 1. The number of carbonyl (C=O) groups excluding carboxylic acids is 1. The molecule has 1 N–H and O–H groups in total. The average molecular weight is 245 g/mol. The molecule has 1 aliphatic heterocycles. The Balaban J connectivity index is 1.58. The molecule has 1 amide bonds. The highest BCUT2D eigenvalue weighted by Crippen LogP contribution is 2.37. The van der Waals surface area contributed by atoms with Crippen molar-refractivity contribution in [3.63, 3.8) is 0 Å². The number of aliphatic carboxylic acids is 1. The molecule has 1 atom stereocenters. The Labute approximate surface area is 105 Å². The Morgan fingerprint density at radius 2 is 2.00 bits per heavy atom. The molecule has 1 aliphatic carbocycles.